The summed E-state index contributed by atoms with van der Waals surface area (Å²) in [6.45, 7) is 3.84. The van der Waals surface area contributed by atoms with Crippen molar-refractivity contribution >= 4 is 22.7 Å². The number of para-hydroxylation sites is 1. The lowest BCUT2D eigenvalue weighted by molar-refractivity contribution is -0.0399. The molecule has 1 atom stereocenters. The van der Waals surface area contributed by atoms with E-state index < -0.39 is 0 Å². The summed E-state index contributed by atoms with van der Waals surface area (Å²) in [4.78, 5) is 11.2. The molecule has 1 aliphatic heterocycles. The normalized spacial score (nSPS) is 16.8. The molecule has 1 N–H and O–H groups in total. The maximum absolute atomic E-state index is 6.02. The fraction of sp³-hybridized carbons (Fsp3) is 0.304. The fourth-order valence-electron chi connectivity index (χ4n) is 3.88. The van der Waals surface area contributed by atoms with Crippen LogP contribution in [0.25, 0.3) is 11.2 Å². The largest absolute Gasteiger partial charge is 0.497 e. The molecule has 2 aromatic carbocycles. The van der Waals surface area contributed by atoms with Gasteiger partial charge in [0.05, 0.1) is 26.4 Å². The van der Waals surface area contributed by atoms with Crippen molar-refractivity contribution in [1.29, 1.82) is 0 Å². The monoisotopic (exact) mass is 431 g/mol. The molecule has 4 aromatic rings. The first-order chi connectivity index (χ1) is 15.8. The van der Waals surface area contributed by atoms with Crippen LogP contribution in [-0.2, 0) is 17.8 Å². The molecule has 9 heteroatoms. The average Bonchev–Trinajstić information content (AvgIpc) is 3.24. The Morgan fingerprint density at radius 2 is 1.94 bits per heavy atom. The third kappa shape index (κ3) is 4.53. The number of anilines is 2. The molecule has 1 aliphatic rings. The van der Waals surface area contributed by atoms with Crippen LogP contribution >= 0.6 is 0 Å². The number of rotatable bonds is 7. The summed E-state index contributed by atoms with van der Waals surface area (Å²) in [5.41, 5.74) is 3.52. The molecular weight excluding hydrogens is 406 g/mol. The van der Waals surface area contributed by atoms with E-state index in [2.05, 4.69) is 42.6 Å². The molecule has 1 saturated heterocycles. The van der Waals surface area contributed by atoms with Gasteiger partial charge in [0.1, 0.15) is 12.1 Å². The Labute approximate surface area is 186 Å². The quantitative estimate of drug-likeness (QED) is 0.478. The van der Waals surface area contributed by atoms with Crippen molar-refractivity contribution < 1.29 is 9.47 Å². The molecule has 1 unspecified atom stereocenters. The third-order valence-electron chi connectivity index (χ3n) is 5.50. The third-order valence-corrected chi connectivity index (χ3v) is 5.50. The summed E-state index contributed by atoms with van der Waals surface area (Å²) < 4.78 is 13.1. The minimum Gasteiger partial charge on any atom is -0.497 e. The topological polar surface area (TPSA) is 90.2 Å². The van der Waals surface area contributed by atoms with Gasteiger partial charge in [0.15, 0.2) is 17.0 Å². The minimum absolute atomic E-state index is 0.00685. The van der Waals surface area contributed by atoms with Crippen LogP contribution < -0.4 is 10.1 Å². The Bertz CT molecular complexity index is 1160. The van der Waals surface area contributed by atoms with Crippen LogP contribution in [-0.4, -0.2) is 62.8 Å². The van der Waals surface area contributed by atoms with Gasteiger partial charge in [-0.2, -0.15) is 0 Å². The van der Waals surface area contributed by atoms with E-state index in [4.69, 9.17) is 9.47 Å². The molecule has 0 spiro atoms. The van der Waals surface area contributed by atoms with Gasteiger partial charge < -0.3 is 14.8 Å². The number of ether oxygens (including phenoxy) is 2. The first-order valence-electron chi connectivity index (χ1n) is 10.6. The van der Waals surface area contributed by atoms with Crippen molar-refractivity contribution in [3.05, 3.63) is 66.5 Å². The van der Waals surface area contributed by atoms with Crippen LogP contribution in [0.5, 0.6) is 5.75 Å². The van der Waals surface area contributed by atoms with E-state index in [1.165, 1.54) is 11.9 Å². The van der Waals surface area contributed by atoms with E-state index in [0.717, 1.165) is 31.1 Å². The van der Waals surface area contributed by atoms with Crippen molar-refractivity contribution in [3.8, 4) is 5.75 Å². The Morgan fingerprint density at radius 3 is 2.75 bits per heavy atom. The fourth-order valence-corrected chi connectivity index (χ4v) is 3.88. The van der Waals surface area contributed by atoms with Gasteiger partial charge in [-0.3, -0.25) is 4.90 Å². The number of hydrogen-bond donors (Lipinski definition) is 1. The van der Waals surface area contributed by atoms with Gasteiger partial charge in [0, 0.05) is 25.3 Å². The molecule has 1 fully saturated rings. The summed E-state index contributed by atoms with van der Waals surface area (Å²) in [5, 5.41) is 12.0. The first-order valence-corrected chi connectivity index (χ1v) is 10.6. The Balaban J connectivity index is 1.27. The second-order valence-corrected chi connectivity index (χ2v) is 7.73. The van der Waals surface area contributed by atoms with Gasteiger partial charge in [-0.15, -0.1) is 5.10 Å². The van der Waals surface area contributed by atoms with E-state index >= 15 is 0 Å². The molecule has 0 saturated carbocycles. The molecule has 32 heavy (non-hydrogen) atoms. The van der Waals surface area contributed by atoms with Crippen LogP contribution in [0.15, 0.2) is 60.9 Å². The number of methoxy groups -OCH3 is 1. The second-order valence-electron chi connectivity index (χ2n) is 7.73. The maximum atomic E-state index is 6.02. The number of morpholine rings is 1. The first kappa shape index (κ1) is 20.3. The van der Waals surface area contributed by atoms with E-state index in [-0.39, 0.29) is 6.10 Å². The minimum atomic E-state index is 0.00685. The van der Waals surface area contributed by atoms with Crippen molar-refractivity contribution in [2.45, 2.75) is 19.2 Å². The zero-order chi connectivity index (χ0) is 21.8. The molecule has 164 valence electrons. The van der Waals surface area contributed by atoms with Crippen molar-refractivity contribution in [2.24, 2.45) is 0 Å². The standard InChI is InChI=1S/C23H25N7O2/c1-31-19-9-7-17(8-10-19)13-29-11-12-32-20(14-29)15-30-23-21(27-28-30)22(24-16-25-23)26-18-5-3-2-4-6-18/h2-10,16,20H,11-15H2,1H3,(H,24,25,26). The zero-order valence-electron chi connectivity index (χ0n) is 17.9. The number of aromatic nitrogens is 5. The van der Waals surface area contributed by atoms with Crippen molar-refractivity contribution in [1.82, 2.24) is 29.9 Å². The molecule has 0 amide bonds. The number of nitrogens with one attached hydrogen (secondary N) is 1. The Kier molecular flexibility index (Phi) is 5.91. The lowest BCUT2D eigenvalue weighted by Gasteiger charge is -2.32. The molecular formula is C23H25N7O2. The number of hydrogen-bond acceptors (Lipinski definition) is 8. The second kappa shape index (κ2) is 9.29. The number of nitrogens with zero attached hydrogens (tertiary/aromatic N) is 6. The molecule has 0 aliphatic carbocycles. The average molecular weight is 432 g/mol. The van der Waals surface area contributed by atoms with Gasteiger partial charge in [-0.25, -0.2) is 14.6 Å². The predicted octanol–water partition coefficient (Wildman–Crippen LogP) is 2.87. The highest BCUT2D eigenvalue weighted by atomic mass is 16.5. The molecule has 5 rings (SSSR count). The summed E-state index contributed by atoms with van der Waals surface area (Å²) in [7, 11) is 1.68. The van der Waals surface area contributed by atoms with Gasteiger partial charge in [-0.1, -0.05) is 35.5 Å². The van der Waals surface area contributed by atoms with Gasteiger partial charge in [-0.05, 0) is 29.8 Å². The van der Waals surface area contributed by atoms with Gasteiger partial charge >= 0.3 is 0 Å². The maximum Gasteiger partial charge on any atom is 0.183 e. The van der Waals surface area contributed by atoms with Crippen LogP contribution in [0.1, 0.15) is 5.56 Å². The summed E-state index contributed by atoms with van der Waals surface area (Å²) in [5.74, 6) is 1.51. The Hall–Kier alpha value is -3.56. The summed E-state index contributed by atoms with van der Waals surface area (Å²) in [6, 6.07) is 18.1. The van der Waals surface area contributed by atoms with E-state index in [9.17, 15) is 0 Å². The van der Waals surface area contributed by atoms with Gasteiger partial charge in [0.25, 0.3) is 0 Å². The molecule has 2 aromatic heterocycles. The summed E-state index contributed by atoms with van der Waals surface area (Å²) >= 11 is 0. The lowest BCUT2D eigenvalue weighted by Crippen LogP contribution is -2.43. The van der Waals surface area contributed by atoms with Gasteiger partial charge in [0.2, 0.25) is 0 Å². The van der Waals surface area contributed by atoms with E-state index in [0.29, 0.717) is 30.1 Å². The number of fused-ring (bicyclic) bond motifs is 1. The zero-order valence-corrected chi connectivity index (χ0v) is 17.9. The van der Waals surface area contributed by atoms with Crippen LogP contribution in [0.3, 0.4) is 0 Å². The highest BCUT2D eigenvalue weighted by Crippen LogP contribution is 2.21. The predicted molar refractivity (Wildman–Crippen MR) is 121 cm³/mol. The molecule has 3 heterocycles. The summed E-state index contributed by atoms with van der Waals surface area (Å²) in [6.07, 6.45) is 1.54. The molecule has 0 radical (unpaired) electrons. The molecule has 0 bridgehead atoms. The highest BCUT2D eigenvalue weighted by Gasteiger charge is 2.23. The van der Waals surface area contributed by atoms with Crippen LogP contribution in [0.4, 0.5) is 11.5 Å². The van der Waals surface area contributed by atoms with Crippen LogP contribution in [0.2, 0.25) is 0 Å². The van der Waals surface area contributed by atoms with Crippen molar-refractivity contribution in [2.75, 3.05) is 32.1 Å². The smallest absolute Gasteiger partial charge is 0.183 e. The highest BCUT2D eigenvalue weighted by molar-refractivity contribution is 5.84. The van der Waals surface area contributed by atoms with Crippen molar-refractivity contribution in [3.63, 3.8) is 0 Å². The lowest BCUT2D eigenvalue weighted by atomic mass is 10.2. The Morgan fingerprint density at radius 1 is 1.09 bits per heavy atom. The number of benzene rings is 2. The molecule has 9 nitrogen and oxygen atoms in total. The van der Waals surface area contributed by atoms with E-state index in [1.807, 2.05) is 42.5 Å². The van der Waals surface area contributed by atoms with E-state index in [1.54, 1.807) is 11.8 Å². The van der Waals surface area contributed by atoms with Crippen LogP contribution in [0, 0.1) is 0 Å². The SMILES string of the molecule is COc1ccc(CN2CCOC(Cn3nnc4c(Nc5ccccc5)ncnc43)C2)cc1.